The number of carbonyl (C=O) groups is 1. The van der Waals surface area contributed by atoms with Crippen molar-refractivity contribution < 1.29 is 13.6 Å². The van der Waals surface area contributed by atoms with Gasteiger partial charge in [0.2, 0.25) is 0 Å². The summed E-state index contributed by atoms with van der Waals surface area (Å²) in [5.41, 5.74) is 3.21. The molecule has 0 spiro atoms. The third kappa shape index (κ3) is 5.77. The average Bonchev–Trinajstić information content (AvgIpc) is 2.74. The fourth-order valence-corrected chi connectivity index (χ4v) is 3.13. The van der Waals surface area contributed by atoms with Crippen LogP contribution < -0.4 is 5.32 Å². The highest BCUT2D eigenvalue weighted by Gasteiger charge is 2.10. The largest absolute Gasteiger partial charge is 0.321 e. The Kier molecular flexibility index (Phi) is 6.77. The van der Waals surface area contributed by atoms with Crippen LogP contribution in [0.2, 0.25) is 0 Å². The van der Waals surface area contributed by atoms with Crippen LogP contribution >= 0.6 is 11.8 Å². The Balaban J connectivity index is 1.70. The summed E-state index contributed by atoms with van der Waals surface area (Å²) in [7, 11) is 0. The van der Waals surface area contributed by atoms with E-state index in [-0.39, 0.29) is 5.57 Å². The van der Waals surface area contributed by atoms with Crippen LogP contribution in [0.4, 0.5) is 14.5 Å². The van der Waals surface area contributed by atoms with E-state index in [4.69, 9.17) is 0 Å². The minimum atomic E-state index is -2.50. The third-order valence-electron chi connectivity index (χ3n) is 4.03. The summed E-state index contributed by atoms with van der Waals surface area (Å²) < 4.78 is 24.7. The molecular formula is C23H16F2N2OS. The second-order valence-electron chi connectivity index (χ2n) is 6.01. The van der Waals surface area contributed by atoms with Crippen LogP contribution in [0.5, 0.6) is 0 Å². The zero-order valence-corrected chi connectivity index (χ0v) is 16.0. The Morgan fingerprint density at radius 1 is 0.931 bits per heavy atom. The van der Waals surface area contributed by atoms with Gasteiger partial charge >= 0.3 is 0 Å². The summed E-state index contributed by atoms with van der Waals surface area (Å²) in [6.45, 7) is 0. The van der Waals surface area contributed by atoms with Crippen molar-refractivity contribution in [1.29, 1.82) is 5.26 Å². The van der Waals surface area contributed by atoms with Crippen LogP contribution in [-0.4, -0.2) is 11.7 Å². The van der Waals surface area contributed by atoms with Crippen LogP contribution in [0.1, 0.15) is 5.56 Å². The molecule has 0 aliphatic rings. The van der Waals surface area contributed by atoms with Gasteiger partial charge in [0.05, 0.1) is 0 Å². The fraction of sp³-hybridized carbons (Fsp3) is 0.0435. The lowest BCUT2D eigenvalue weighted by atomic mass is 10.0. The van der Waals surface area contributed by atoms with E-state index in [1.54, 1.807) is 0 Å². The number of anilines is 1. The van der Waals surface area contributed by atoms with E-state index in [0.29, 0.717) is 22.3 Å². The number of thioether (sulfide) groups is 1. The summed E-state index contributed by atoms with van der Waals surface area (Å²) in [5.74, 6) is -3.06. The van der Waals surface area contributed by atoms with Crippen LogP contribution in [0, 0.1) is 11.3 Å². The van der Waals surface area contributed by atoms with Gasteiger partial charge in [-0.3, -0.25) is 4.79 Å². The molecule has 0 aliphatic heterocycles. The first-order chi connectivity index (χ1) is 14.0. The zero-order chi connectivity index (χ0) is 20.6. The lowest BCUT2D eigenvalue weighted by Gasteiger charge is -2.06. The number of hydrogen-bond acceptors (Lipinski definition) is 3. The van der Waals surface area contributed by atoms with Gasteiger partial charge in [0.15, 0.2) is 0 Å². The Morgan fingerprint density at radius 2 is 1.55 bits per heavy atom. The molecule has 144 valence electrons. The van der Waals surface area contributed by atoms with Gasteiger partial charge in [0, 0.05) is 10.6 Å². The second-order valence-corrected chi connectivity index (χ2v) is 7.08. The highest BCUT2D eigenvalue weighted by atomic mass is 32.2. The third-order valence-corrected chi connectivity index (χ3v) is 4.75. The summed E-state index contributed by atoms with van der Waals surface area (Å²) in [6.07, 6.45) is 1.51. The van der Waals surface area contributed by atoms with Crippen molar-refractivity contribution in [2.24, 2.45) is 0 Å². The summed E-state index contributed by atoms with van der Waals surface area (Å²) >= 11 is 0.428. The van der Waals surface area contributed by atoms with E-state index in [1.807, 2.05) is 60.7 Å². The van der Waals surface area contributed by atoms with Crippen LogP contribution in [0.25, 0.3) is 17.2 Å². The molecule has 3 nitrogen and oxygen atoms in total. The zero-order valence-electron chi connectivity index (χ0n) is 15.2. The van der Waals surface area contributed by atoms with Crippen LogP contribution in [0.3, 0.4) is 0 Å². The maximum absolute atomic E-state index is 12.4. The molecule has 0 unspecified atom stereocenters. The van der Waals surface area contributed by atoms with E-state index in [9.17, 15) is 18.8 Å². The smallest absolute Gasteiger partial charge is 0.288 e. The highest BCUT2D eigenvalue weighted by molar-refractivity contribution is 7.99. The van der Waals surface area contributed by atoms with E-state index < -0.39 is 11.7 Å². The lowest BCUT2D eigenvalue weighted by molar-refractivity contribution is -0.112. The van der Waals surface area contributed by atoms with E-state index in [0.717, 1.165) is 16.7 Å². The first kappa shape index (κ1) is 20.3. The topological polar surface area (TPSA) is 52.9 Å². The van der Waals surface area contributed by atoms with Gasteiger partial charge < -0.3 is 5.32 Å². The van der Waals surface area contributed by atoms with E-state index in [1.165, 1.54) is 30.3 Å². The molecule has 0 bridgehead atoms. The number of carbonyl (C=O) groups excluding carboxylic acids is 1. The van der Waals surface area contributed by atoms with Gasteiger partial charge in [-0.1, -0.05) is 66.4 Å². The molecule has 0 radical (unpaired) electrons. The van der Waals surface area contributed by atoms with Crippen molar-refractivity contribution in [3.63, 3.8) is 0 Å². The fourth-order valence-electron chi connectivity index (χ4n) is 2.64. The van der Waals surface area contributed by atoms with Crippen molar-refractivity contribution in [2.45, 2.75) is 10.7 Å². The molecule has 1 amide bonds. The quantitative estimate of drug-likeness (QED) is 0.301. The Hall–Kier alpha value is -3.43. The van der Waals surface area contributed by atoms with Crippen molar-refractivity contribution in [3.05, 3.63) is 90.0 Å². The summed E-state index contributed by atoms with van der Waals surface area (Å²) in [5, 5.41) is 12.0. The maximum atomic E-state index is 12.4. The number of rotatable bonds is 6. The number of nitrogens with zero attached hydrogens (tertiary/aromatic N) is 1. The molecule has 0 saturated carbocycles. The molecule has 3 aromatic rings. The molecule has 6 heteroatoms. The first-order valence-corrected chi connectivity index (χ1v) is 9.56. The first-order valence-electron chi connectivity index (χ1n) is 8.68. The average molecular weight is 406 g/mol. The Morgan fingerprint density at radius 3 is 2.14 bits per heavy atom. The van der Waals surface area contributed by atoms with Gasteiger partial charge in [0.1, 0.15) is 11.6 Å². The molecular weight excluding hydrogens is 390 g/mol. The van der Waals surface area contributed by atoms with Gasteiger partial charge in [-0.2, -0.15) is 14.0 Å². The molecule has 0 saturated heterocycles. The van der Waals surface area contributed by atoms with Crippen molar-refractivity contribution in [2.75, 3.05) is 5.32 Å². The van der Waals surface area contributed by atoms with Gasteiger partial charge in [-0.25, -0.2) is 0 Å². The Bertz CT molecular complexity index is 1040. The normalized spacial score (nSPS) is 11.2. The second kappa shape index (κ2) is 9.67. The molecule has 0 fully saturated rings. The highest BCUT2D eigenvalue weighted by Crippen LogP contribution is 2.26. The molecule has 3 aromatic carbocycles. The van der Waals surface area contributed by atoms with Gasteiger partial charge in [0.25, 0.3) is 11.7 Å². The molecule has 0 heterocycles. The van der Waals surface area contributed by atoms with E-state index >= 15 is 0 Å². The minimum Gasteiger partial charge on any atom is -0.321 e. The van der Waals surface area contributed by atoms with Crippen molar-refractivity contribution >= 4 is 29.4 Å². The molecule has 0 atom stereocenters. The molecule has 0 aliphatic carbocycles. The number of benzene rings is 3. The molecule has 1 N–H and O–H groups in total. The number of amides is 1. The van der Waals surface area contributed by atoms with Crippen molar-refractivity contribution in [3.8, 4) is 17.2 Å². The Labute approximate surface area is 171 Å². The van der Waals surface area contributed by atoms with Gasteiger partial charge in [-0.05, 0) is 47.0 Å². The van der Waals surface area contributed by atoms with Crippen molar-refractivity contribution in [1.82, 2.24) is 0 Å². The standard InChI is InChI=1S/C23H16F2N2OS/c24-23(25)29-21-12-10-20(11-13-21)27-22(28)19(15-26)14-16-6-8-18(9-7-16)17-4-2-1-3-5-17/h1-14,23H,(H,27,28)/b19-14-. The van der Waals surface area contributed by atoms with Gasteiger partial charge in [-0.15, -0.1) is 0 Å². The van der Waals surface area contributed by atoms with Crippen LogP contribution in [0.15, 0.2) is 89.3 Å². The minimum absolute atomic E-state index is 0.0523. The number of hydrogen-bond donors (Lipinski definition) is 1. The number of alkyl halides is 2. The monoisotopic (exact) mass is 406 g/mol. The van der Waals surface area contributed by atoms with Crippen LogP contribution in [-0.2, 0) is 4.79 Å². The number of nitrogens with one attached hydrogen (secondary N) is 1. The van der Waals surface area contributed by atoms with E-state index in [2.05, 4.69) is 5.32 Å². The summed E-state index contributed by atoms with van der Waals surface area (Å²) in [6, 6.07) is 25.3. The molecule has 29 heavy (non-hydrogen) atoms. The maximum Gasteiger partial charge on any atom is 0.288 e. The lowest BCUT2D eigenvalue weighted by Crippen LogP contribution is -2.13. The molecule has 3 rings (SSSR count). The molecule has 0 aromatic heterocycles. The predicted molar refractivity (Wildman–Crippen MR) is 112 cm³/mol. The predicted octanol–water partition coefficient (Wildman–Crippen LogP) is 6.21. The number of nitriles is 1. The number of halogens is 2. The SMILES string of the molecule is N#C/C(=C/c1ccc(-c2ccccc2)cc1)C(=O)Nc1ccc(SC(F)F)cc1. The summed E-state index contributed by atoms with van der Waals surface area (Å²) in [4.78, 5) is 12.8.